The molecule has 2 aromatic rings. The summed E-state index contributed by atoms with van der Waals surface area (Å²) < 4.78 is 5.90. The number of rotatable bonds is 10. The lowest BCUT2D eigenvalue weighted by molar-refractivity contribution is -0.163. The van der Waals surface area contributed by atoms with Crippen molar-refractivity contribution in [3.63, 3.8) is 0 Å². The molecule has 3 amide bonds. The third-order valence-electron chi connectivity index (χ3n) is 9.30. The van der Waals surface area contributed by atoms with Gasteiger partial charge in [0.1, 0.15) is 23.1 Å². The predicted molar refractivity (Wildman–Crippen MR) is 167 cm³/mol. The van der Waals surface area contributed by atoms with Gasteiger partial charge in [0.2, 0.25) is 17.7 Å². The molecule has 3 aliphatic rings. The van der Waals surface area contributed by atoms with E-state index in [-0.39, 0.29) is 24.2 Å². The van der Waals surface area contributed by atoms with E-state index in [4.69, 9.17) is 10.5 Å². The van der Waals surface area contributed by atoms with Gasteiger partial charge in [-0.25, -0.2) is 0 Å². The number of nitrogens with zero attached hydrogens (tertiary/aromatic N) is 2. The monoisotopic (exact) mass is 612 g/mol. The minimum absolute atomic E-state index is 0. The molecule has 0 radical (unpaired) electrons. The summed E-state index contributed by atoms with van der Waals surface area (Å²) in [6.45, 7) is 4.83. The molecule has 43 heavy (non-hydrogen) atoms. The number of piperidine rings is 1. The van der Waals surface area contributed by atoms with Crippen molar-refractivity contribution in [2.75, 3.05) is 19.6 Å². The smallest absolute Gasteiger partial charge is 0.248 e. The molecule has 1 atom stereocenters. The number of likely N-dealkylation sites (tertiary alicyclic amines) is 1. The minimum atomic E-state index is -0.869. The lowest BCUT2D eigenvalue weighted by atomic mass is 9.77. The Labute approximate surface area is 260 Å². The van der Waals surface area contributed by atoms with E-state index in [2.05, 4.69) is 17.1 Å². The first-order chi connectivity index (χ1) is 20.2. The summed E-state index contributed by atoms with van der Waals surface area (Å²) in [5.74, 6) is 0.747. The molecular weight excluding hydrogens is 568 g/mol. The van der Waals surface area contributed by atoms with Crippen LogP contribution in [-0.2, 0) is 16.1 Å². The quantitative estimate of drug-likeness (QED) is 0.362. The van der Waals surface area contributed by atoms with E-state index in [1.807, 2.05) is 29.2 Å². The summed E-state index contributed by atoms with van der Waals surface area (Å²) in [4.78, 5) is 43.0. The standard InChI is InChI=1S/C33H44N4O5.ClH/c1-2-3-19-37-30(39)28(22-32(41)15-5-4-6-16-32)35-31(40)33(37)17-20-36(21-18-33)23-24-7-11-26(12-8-24)42-27-13-9-25(10-14-27)29(34)38;/h7-14,28,41H,2-6,15-23H2,1H3,(H2,34,38)(H,35,40);1H/t28-;/m1./s1. The van der Waals surface area contributed by atoms with Gasteiger partial charge in [-0.05, 0) is 74.1 Å². The summed E-state index contributed by atoms with van der Waals surface area (Å²) in [5, 5.41) is 14.2. The summed E-state index contributed by atoms with van der Waals surface area (Å²) in [6.07, 6.45) is 7.71. The van der Waals surface area contributed by atoms with Gasteiger partial charge < -0.3 is 25.8 Å². The Kier molecular flexibility index (Phi) is 10.7. The number of benzene rings is 2. The molecule has 1 spiro atoms. The average molecular weight is 613 g/mol. The van der Waals surface area contributed by atoms with Crippen LogP contribution < -0.4 is 15.8 Å². The summed E-state index contributed by atoms with van der Waals surface area (Å²) in [6, 6.07) is 14.0. The first-order valence-electron chi connectivity index (χ1n) is 15.5. The molecule has 1 aliphatic carbocycles. The van der Waals surface area contributed by atoms with Gasteiger partial charge in [0.25, 0.3) is 0 Å². The largest absolute Gasteiger partial charge is 0.457 e. The van der Waals surface area contributed by atoms with Crippen molar-refractivity contribution in [3.05, 3.63) is 59.7 Å². The van der Waals surface area contributed by atoms with Crippen LogP contribution in [0, 0.1) is 0 Å². The van der Waals surface area contributed by atoms with Crippen LogP contribution in [0.5, 0.6) is 11.5 Å². The van der Waals surface area contributed by atoms with E-state index < -0.39 is 23.1 Å². The Morgan fingerprint density at radius 1 is 0.977 bits per heavy atom. The van der Waals surface area contributed by atoms with E-state index in [9.17, 15) is 19.5 Å². The molecule has 4 N–H and O–H groups in total. The average Bonchev–Trinajstić information content (AvgIpc) is 2.98. The zero-order valence-corrected chi connectivity index (χ0v) is 25.9. The topological polar surface area (TPSA) is 125 Å². The van der Waals surface area contributed by atoms with Gasteiger partial charge in [-0.2, -0.15) is 0 Å². The summed E-state index contributed by atoms with van der Waals surface area (Å²) in [5.41, 5.74) is 5.18. The van der Waals surface area contributed by atoms with E-state index in [0.29, 0.717) is 68.8 Å². The maximum absolute atomic E-state index is 13.8. The second kappa shape index (κ2) is 14.1. The summed E-state index contributed by atoms with van der Waals surface area (Å²) >= 11 is 0. The fourth-order valence-electron chi connectivity index (χ4n) is 6.77. The molecule has 2 saturated heterocycles. The first-order valence-corrected chi connectivity index (χ1v) is 15.5. The second-order valence-electron chi connectivity index (χ2n) is 12.3. The van der Waals surface area contributed by atoms with Gasteiger partial charge in [0.05, 0.1) is 5.60 Å². The number of piperazine rings is 1. The van der Waals surface area contributed by atoms with Crippen molar-refractivity contribution < 1.29 is 24.2 Å². The van der Waals surface area contributed by atoms with Gasteiger partial charge in [-0.3, -0.25) is 19.3 Å². The van der Waals surface area contributed by atoms with Gasteiger partial charge in [0.15, 0.2) is 0 Å². The van der Waals surface area contributed by atoms with Crippen molar-refractivity contribution in [1.82, 2.24) is 15.1 Å². The number of unbranched alkanes of at least 4 members (excludes halogenated alkanes) is 1. The highest BCUT2D eigenvalue weighted by Crippen LogP contribution is 2.37. The fourth-order valence-corrected chi connectivity index (χ4v) is 6.77. The third-order valence-corrected chi connectivity index (χ3v) is 9.30. The minimum Gasteiger partial charge on any atom is -0.457 e. The molecule has 9 nitrogen and oxygen atoms in total. The molecule has 10 heteroatoms. The Bertz CT molecular complexity index is 1260. The van der Waals surface area contributed by atoms with E-state index in [1.165, 1.54) is 0 Å². The zero-order valence-electron chi connectivity index (χ0n) is 25.1. The van der Waals surface area contributed by atoms with Crippen molar-refractivity contribution in [3.8, 4) is 11.5 Å². The molecule has 5 rings (SSSR count). The molecule has 0 unspecified atom stereocenters. The number of amides is 3. The molecular formula is C33H45ClN4O5. The highest BCUT2D eigenvalue weighted by Gasteiger charge is 2.54. The van der Waals surface area contributed by atoms with Crippen LogP contribution in [-0.4, -0.2) is 69.4 Å². The normalized spacial score (nSPS) is 21.6. The molecule has 1 saturated carbocycles. The SMILES string of the molecule is CCCCN1C(=O)[C@@H](CC2(O)CCCCC2)NC(=O)C12CCN(Cc1ccc(Oc3ccc(C(N)=O)cc3)cc1)CC2.Cl. The van der Waals surface area contributed by atoms with Crippen LogP contribution >= 0.6 is 12.4 Å². The van der Waals surface area contributed by atoms with Crippen LogP contribution in [0.25, 0.3) is 0 Å². The lowest BCUT2D eigenvalue weighted by Gasteiger charge is -2.52. The zero-order chi connectivity index (χ0) is 29.7. The van der Waals surface area contributed by atoms with Gasteiger partial charge in [-0.15, -0.1) is 12.4 Å². The molecule has 2 aliphatic heterocycles. The molecule has 3 fully saturated rings. The summed E-state index contributed by atoms with van der Waals surface area (Å²) in [7, 11) is 0. The number of nitrogens with two attached hydrogens (primary N) is 1. The number of hydrogen-bond donors (Lipinski definition) is 3. The van der Waals surface area contributed by atoms with Crippen LogP contribution in [0.3, 0.4) is 0 Å². The number of aliphatic hydroxyl groups is 1. The number of carbonyl (C=O) groups is 3. The Morgan fingerprint density at radius 3 is 2.16 bits per heavy atom. The van der Waals surface area contributed by atoms with Crippen LogP contribution in [0.1, 0.15) is 87.1 Å². The van der Waals surface area contributed by atoms with Gasteiger partial charge in [-0.1, -0.05) is 44.7 Å². The van der Waals surface area contributed by atoms with Crippen molar-refractivity contribution in [2.45, 2.75) is 94.9 Å². The predicted octanol–water partition coefficient (Wildman–Crippen LogP) is 4.55. The molecule has 234 valence electrons. The maximum Gasteiger partial charge on any atom is 0.248 e. The number of nitrogens with one attached hydrogen (secondary N) is 1. The molecule has 0 aromatic heterocycles. The Balaban J connectivity index is 0.00000423. The number of halogens is 1. The van der Waals surface area contributed by atoms with E-state index >= 15 is 0 Å². The molecule has 2 heterocycles. The lowest BCUT2D eigenvalue weighted by Crippen LogP contribution is -2.73. The van der Waals surface area contributed by atoms with Crippen LogP contribution in [0.15, 0.2) is 48.5 Å². The highest BCUT2D eigenvalue weighted by molar-refractivity contribution is 6.00. The van der Waals surface area contributed by atoms with Crippen molar-refractivity contribution in [1.29, 1.82) is 0 Å². The van der Waals surface area contributed by atoms with Crippen molar-refractivity contribution >= 4 is 30.1 Å². The first kappa shape index (κ1) is 32.8. The molecule has 0 bridgehead atoms. The highest BCUT2D eigenvalue weighted by atomic mass is 35.5. The number of ether oxygens (including phenoxy) is 1. The third kappa shape index (κ3) is 7.51. The van der Waals surface area contributed by atoms with E-state index in [1.54, 1.807) is 24.3 Å². The van der Waals surface area contributed by atoms with Crippen LogP contribution in [0.4, 0.5) is 0 Å². The Morgan fingerprint density at radius 2 is 1.58 bits per heavy atom. The maximum atomic E-state index is 13.8. The second-order valence-corrected chi connectivity index (χ2v) is 12.3. The Hall–Kier alpha value is -3.14. The van der Waals surface area contributed by atoms with Gasteiger partial charge >= 0.3 is 0 Å². The number of carbonyl (C=O) groups excluding carboxylic acids is 3. The fraction of sp³-hybridized carbons (Fsp3) is 0.545. The van der Waals surface area contributed by atoms with Crippen molar-refractivity contribution in [2.24, 2.45) is 5.73 Å². The van der Waals surface area contributed by atoms with Gasteiger partial charge in [0, 0.05) is 38.2 Å². The molecule has 2 aromatic carbocycles. The number of hydrogen-bond acceptors (Lipinski definition) is 6. The van der Waals surface area contributed by atoms with E-state index in [0.717, 1.165) is 44.2 Å². The number of primary amides is 1. The van der Waals surface area contributed by atoms with Crippen LogP contribution in [0.2, 0.25) is 0 Å².